The zero-order valence-corrected chi connectivity index (χ0v) is 11.9. The molecule has 0 saturated carbocycles. The van der Waals surface area contributed by atoms with Gasteiger partial charge in [0.2, 0.25) is 0 Å². The Bertz CT molecular complexity index is 599. The van der Waals surface area contributed by atoms with Gasteiger partial charge in [0.15, 0.2) is 5.82 Å². The summed E-state index contributed by atoms with van der Waals surface area (Å²) in [5.41, 5.74) is 1.91. The summed E-state index contributed by atoms with van der Waals surface area (Å²) in [7, 11) is 0. The van der Waals surface area contributed by atoms with Crippen molar-refractivity contribution in [3.05, 3.63) is 34.6 Å². The molecule has 3 rings (SSSR count). The predicted octanol–water partition coefficient (Wildman–Crippen LogP) is 3.03. The number of nitrogens with one attached hydrogen (secondary N) is 2. The third-order valence-electron chi connectivity index (χ3n) is 3.89. The van der Waals surface area contributed by atoms with Crippen LogP contribution in [0.5, 0.6) is 0 Å². The average molecular weight is 277 g/mol. The van der Waals surface area contributed by atoms with Crippen molar-refractivity contribution in [3.8, 4) is 11.4 Å². The highest BCUT2D eigenvalue weighted by atomic mass is 35.5. The van der Waals surface area contributed by atoms with E-state index >= 15 is 0 Å². The Morgan fingerprint density at radius 3 is 2.95 bits per heavy atom. The minimum Gasteiger partial charge on any atom is -0.305 e. The van der Waals surface area contributed by atoms with Crippen LogP contribution >= 0.6 is 11.6 Å². The van der Waals surface area contributed by atoms with Crippen LogP contribution in [0.4, 0.5) is 0 Å². The van der Waals surface area contributed by atoms with Gasteiger partial charge in [-0.15, -0.1) is 0 Å². The van der Waals surface area contributed by atoms with E-state index in [1.54, 1.807) is 0 Å². The number of rotatable bonds is 2. The number of hydrogen-bond donors (Lipinski definition) is 2. The quantitative estimate of drug-likeness (QED) is 0.886. The maximum Gasteiger partial charge on any atom is 0.181 e. The van der Waals surface area contributed by atoms with Crippen LogP contribution in [0.15, 0.2) is 18.2 Å². The molecular formula is C14H17ClN4. The lowest BCUT2D eigenvalue weighted by atomic mass is 10.00. The van der Waals surface area contributed by atoms with Gasteiger partial charge in [0, 0.05) is 10.6 Å². The Morgan fingerprint density at radius 2 is 2.21 bits per heavy atom. The molecule has 5 heteroatoms. The number of hydrogen-bond acceptors (Lipinski definition) is 3. The molecule has 1 fully saturated rings. The Morgan fingerprint density at radius 1 is 1.37 bits per heavy atom. The molecule has 0 unspecified atom stereocenters. The minimum atomic E-state index is -0.0856. The summed E-state index contributed by atoms with van der Waals surface area (Å²) in [4.78, 5) is 4.65. The van der Waals surface area contributed by atoms with Crippen molar-refractivity contribution in [1.29, 1.82) is 0 Å². The van der Waals surface area contributed by atoms with E-state index in [0.717, 1.165) is 34.9 Å². The van der Waals surface area contributed by atoms with E-state index in [0.29, 0.717) is 5.82 Å². The highest BCUT2D eigenvalue weighted by Gasteiger charge is 2.33. The second-order valence-corrected chi connectivity index (χ2v) is 5.69. The smallest absolute Gasteiger partial charge is 0.181 e. The first-order chi connectivity index (χ1) is 9.10. The van der Waals surface area contributed by atoms with Gasteiger partial charge in [-0.2, -0.15) is 5.10 Å². The Labute approximate surface area is 117 Å². The Balaban J connectivity index is 1.99. The molecule has 4 nitrogen and oxygen atoms in total. The molecule has 19 heavy (non-hydrogen) atoms. The fourth-order valence-electron chi connectivity index (χ4n) is 2.58. The highest BCUT2D eigenvalue weighted by Crippen LogP contribution is 2.30. The molecule has 0 bridgehead atoms. The van der Waals surface area contributed by atoms with Crippen LogP contribution in [0.25, 0.3) is 11.4 Å². The van der Waals surface area contributed by atoms with Crippen molar-refractivity contribution < 1.29 is 0 Å². The van der Waals surface area contributed by atoms with Crippen molar-refractivity contribution in [2.24, 2.45) is 0 Å². The van der Waals surface area contributed by atoms with E-state index < -0.39 is 0 Å². The summed E-state index contributed by atoms with van der Waals surface area (Å²) in [5, 5.41) is 11.6. The second kappa shape index (κ2) is 4.62. The molecule has 1 aromatic heterocycles. The van der Waals surface area contributed by atoms with E-state index in [2.05, 4.69) is 27.4 Å². The van der Waals surface area contributed by atoms with Crippen LogP contribution in [-0.4, -0.2) is 21.7 Å². The van der Waals surface area contributed by atoms with Crippen LogP contribution in [0.3, 0.4) is 0 Å². The van der Waals surface area contributed by atoms with Crippen LogP contribution in [0.2, 0.25) is 5.02 Å². The normalized spacial score (nSPS) is 22.9. The summed E-state index contributed by atoms with van der Waals surface area (Å²) < 4.78 is 0. The molecule has 1 atom stereocenters. The fraction of sp³-hybridized carbons (Fsp3) is 0.429. The molecule has 100 valence electrons. The second-order valence-electron chi connectivity index (χ2n) is 5.28. The summed E-state index contributed by atoms with van der Waals surface area (Å²) in [6.45, 7) is 5.18. The predicted molar refractivity (Wildman–Crippen MR) is 76.2 cm³/mol. The van der Waals surface area contributed by atoms with Crippen LogP contribution < -0.4 is 5.32 Å². The monoisotopic (exact) mass is 276 g/mol. The van der Waals surface area contributed by atoms with Gasteiger partial charge in [-0.3, -0.25) is 5.10 Å². The van der Waals surface area contributed by atoms with E-state index in [1.165, 1.54) is 6.42 Å². The van der Waals surface area contributed by atoms with Gasteiger partial charge in [0.1, 0.15) is 5.82 Å². The zero-order chi connectivity index (χ0) is 13.5. The average Bonchev–Trinajstić information content (AvgIpc) is 3.02. The number of H-pyrrole nitrogens is 1. The molecule has 0 radical (unpaired) electrons. The molecule has 1 saturated heterocycles. The summed E-state index contributed by atoms with van der Waals surface area (Å²) >= 11 is 6.15. The van der Waals surface area contributed by atoms with Gasteiger partial charge in [0.25, 0.3) is 0 Å². The molecule has 0 amide bonds. The molecule has 2 heterocycles. The first-order valence-corrected chi connectivity index (χ1v) is 6.91. The lowest BCUT2D eigenvalue weighted by Crippen LogP contribution is -2.34. The molecular weight excluding hydrogens is 260 g/mol. The largest absolute Gasteiger partial charge is 0.305 e. The number of benzene rings is 1. The Kier molecular flexibility index (Phi) is 3.07. The fourth-order valence-corrected chi connectivity index (χ4v) is 2.75. The summed E-state index contributed by atoms with van der Waals surface area (Å²) in [6, 6.07) is 5.81. The number of aromatic amines is 1. The van der Waals surface area contributed by atoms with E-state index in [9.17, 15) is 0 Å². The SMILES string of the molecule is Cc1c(Cl)cccc1-c1n[nH]c([C@]2(C)CCCN2)n1. The van der Waals surface area contributed by atoms with E-state index in [1.807, 2.05) is 25.1 Å². The van der Waals surface area contributed by atoms with Crippen molar-refractivity contribution >= 4 is 11.6 Å². The third-order valence-corrected chi connectivity index (χ3v) is 4.29. The van der Waals surface area contributed by atoms with Gasteiger partial charge >= 0.3 is 0 Å². The molecule has 2 aromatic rings. The van der Waals surface area contributed by atoms with Crippen molar-refractivity contribution in [3.63, 3.8) is 0 Å². The molecule has 0 aliphatic carbocycles. The van der Waals surface area contributed by atoms with Gasteiger partial charge in [-0.25, -0.2) is 4.98 Å². The first kappa shape index (κ1) is 12.6. The van der Waals surface area contributed by atoms with Crippen molar-refractivity contribution in [2.75, 3.05) is 6.54 Å². The highest BCUT2D eigenvalue weighted by molar-refractivity contribution is 6.31. The van der Waals surface area contributed by atoms with E-state index in [-0.39, 0.29) is 5.54 Å². The maximum absolute atomic E-state index is 6.15. The zero-order valence-electron chi connectivity index (χ0n) is 11.1. The summed E-state index contributed by atoms with van der Waals surface area (Å²) in [5.74, 6) is 1.62. The molecule has 1 aliphatic rings. The Hall–Kier alpha value is -1.39. The van der Waals surface area contributed by atoms with Crippen LogP contribution in [-0.2, 0) is 5.54 Å². The van der Waals surface area contributed by atoms with Gasteiger partial charge in [0.05, 0.1) is 5.54 Å². The van der Waals surface area contributed by atoms with Gasteiger partial charge in [-0.05, 0) is 44.9 Å². The lowest BCUT2D eigenvalue weighted by molar-refractivity contribution is 0.408. The number of aromatic nitrogens is 3. The maximum atomic E-state index is 6.15. The van der Waals surface area contributed by atoms with Gasteiger partial charge < -0.3 is 5.32 Å². The van der Waals surface area contributed by atoms with Crippen molar-refractivity contribution in [2.45, 2.75) is 32.2 Å². The van der Waals surface area contributed by atoms with Crippen LogP contribution in [0.1, 0.15) is 31.2 Å². The van der Waals surface area contributed by atoms with E-state index in [4.69, 9.17) is 11.6 Å². The van der Waals surface area contributed by atoms with Gasteiger partial charge in [-0.1, -0.05) is 23.7 Å². The third kappa shape index (κ3) is 2.15. The number of nitrogens with zero attached hydrogens (tertiary/aromatic N) is 2. The molecule has 1 aromatic carbocycles. The standard InChI is InChI=1S/C14H17ClN4/c1-9-10(5-3-6-11(9)15)12-17-13(19-18-12)14(2)7-4-8-16-14/h3,5-6,16H,4,7-8H2,1-2H3,(H,17,18,19)/t14-/m0/s1. The first-order valence-electron chi connectivity index (χ1n) is 6.53. The number of halogens is 1. The molecule has 0 spiro atoms. The van der Waals surface area contributed by atoms with Crippen LogP contribution in [0, 0.1) is 6.92 Å². The minimum absolute atomic E-state index is 0.0856. The topological polar surface area (TPSA) is 53.6 Å². The molecule has 2 N–H and O–H groups in total. The molecule has 1 aliphatic heterocycles. The summed E-state index contributed by atoms with van der Waals surface area (Å²) in [6.07, 6.45) is 2.25. The van der Waals surface area contributed by atoms with Crippen molar-refractivity contribution in [1.82, 2.24) is 20.5 Å². The lowest BCUT2D eigenvalue weighted by Gasteiger charge is -2.20.